The Kier molecular flexibility index (Phi) is 8.57. The van der Waals surface area contributed by atoms with E-state index in [9.17, 15) is 19.5 Å². The number of aromatic nitrogens is 2. The topological polar surface area (TPSA) is 105 Å². The number of hydrogen-bond donors (Lipinski definition) is 2. The molecule has 0 radical (unpaired) electrons. The summed E-state index contributed by atoms with van der Waals surface area (Å²) in [4.78, 5) is 40.3. The van der Waals surface area contributed by atoms with Gasteiger partial charge in [-0.2, -0.15) is 5.10 Å². The lowest BCUT2D eigenvalue weighted by Crippen LogP contribution is -2.48. The Morgan fingerprint density at radius 2 is 1.68 bits per heavy atom. The molecule has 0 bridgehead atoms. The fourth-order valence-electron chi connectivity index (χ4n) is 5.41. The first-order valence-corrected chi connectivity index (χ1v) is 13.8. The van der Waals surface area contributed by atoms with Crippen LogP contribution in [0.15, 0.2) is 83.7 Å². The summed E-state index contributed by atoms with van der Waals surface area (Å²) in [5.74, 6) is -1.38. The van der Waals surface area contributed by atoms with Crippen LogP contribution in [0.3, 0.4) is 0 Å². The van der Waals surface area contributed by atoms with Crippen LogP contribution >= 0.6 is 11.6 Å². The number of aliphatic carboxylic acids is 1. The summed E-state index contributed by atoms with van der Waals surface area (Å²) in [6.07, 6.45) is 1.84. The van der Waals surface area contributed by atoms with Crippen LogP contribution in [0.2, 0.25) is 5.02 Å². The first-order valence-electron chi connectivity index (χ1n) is 13.4. The predicted molar refractivity (Wildman–Crippen MR) is 154 cm³/mol. The van der Waals surface area contributed by atoms with Crippen molar-refractivity contribution < 1.29 is 14.7 Å². The van der Waals surface area contributed by atoms with Gasteiger partial charge in [0.05, 0.1) is 24.0 Å². The average Bonchev–Trinajstić information content (AvgIpc) is 3.42. The molecule has 206 valence electrons. The van der Waals surface area contributed by atoms with Crippen molar-refractivity contribution in [3.05, 3.63) is 111 Å². The molecule has 3 aromatic carbocycles. The maximum Gasteiger partial charge on any atom is 0.321 e. The number of carbonyl (C=O) groups excluding carboxylic acids is 1. The first-order chi connectivity index (χ1) is 19.4. The highest BCUT2D eigenvalue weighted by molar-refractivity contribution is 6.30. The number of rotatable bonds is 10. The van der Waals surface area contributed by atoms with Gasteiger partial charge in [0.15, 0.2) is 0 Å². The van der Waals surface area contributed by atoms with Gasteiger partial charge in [-0.25, -0.2) is 4.68 Å². The molecule has 2 atom stereocenters. The van der Waals surface area contributed by atoms with Crippen LogP contribution < -0.4 is 10.9 Å². The van der Waals surface area contributed by atoms with Crippen LogP contribution in [0, 0.1) is 0 Å². The number of halogens is 1. The molecular formula is C31H31ClN4O4. The van der Waals surface area contributed by atoms with Crippen LogP contribution in [-0.2, 0) is 29.1 Å². The van der Waals surface area contributed by atoms with E-state index in [0.29, 0.717) is 36.3 Å². The number of fused-ring (bicyclic) bond motifs is 1. The van der Waals surface area contributed by atoms with Gasteiger partial charge in [-0.1, -0.05) is 72.3 Å². The SMILES string of the molecule is O=C(CC(C(=O)O)N1CCC[C@@H]1Cn1nc(Cc2ccc(Cl)cc2)c2ccccc2c1=O)NCc1ccccc1. The number of carboxylic acids is 1. The van der Waals surface area contributed by atoms with Gasteiger partial charge >= 0.3 is 5.97 Å². The van der Waals surface area contributed by atoms with Gasteiger partial charge in [0.1, 0.15) is 6.04 Å². The smallest absolute Gasteiger partial charge is 0.321 e. The second kappa shape index (κ2) is 12.4. The third-order valence-electron chi connectivity index (χ3n) is 7.43. The quantitative estimate of drug-likeness (QED) is 0.301. The Morgan fingerprint density at radius 3 is 2.40 bits per heavy atom. The Hall–Kier alpha value is -4.01. The fraction of sp³-hybridized carbons (Fsp3) is 0.290. The zero-order valence-corrected chi connectivity index (χ0v) is 22.8. The van der Waals surface area contributed by atoms with E-state index in [1.807, 2.05) is 77.7 Å². The van der Waals surface area contributed by atoms with Gasteiger partial charge < -0.3 is 10.4 Å². The van der Waals surface area contributed by atoms with E-state index in [1.165, 1.54) is 4.68 Å². The van der Waals surface area contributed by atoms with E-state index in [1.54, 1.807) is 6.07 Å². The van der Waals surface area contributed by atoms with Crippen LogP contribution in [0.1, 0.15) is 36.1 Å². The van der Waals surface area contributed by atoms with E-state index < -0.39 is 12.0 Å². The Bertz CT molecular complexity index is 1560. The van der Waals surface area contributed by atoms with Crippen LogP contribution in [0.25, 0.3) is 10.8 Å². The summed E-state index contributed by atoms with van der Waals surface area (Å²) in [5, 5.41) is 19.7. The van der Waals surface area contributed by atoms with Crippen molar-refractivity contribution >= 4 is 34.2 Å². The number of amides is 1. The van der Waals surface area contributed by atoms with Crippen LogP contribution in [-0.4, -0.2) is 50.3 Å². The number of hydrogen-bond acceptors (Lipinski definition) is 5. The van der Waals surface area contributed by atoms with Gasteiger partial charge in [-0.05, 0) is 48.7 Å². The Balaban J connectivity index is 1.36. The molecule has 2 N–H and O–H groups in total. The van der Waals surface area contributed by atoms with E-state index >= 15 is 0 Å². The summed E-state index contributed by atoms with van der Waals surface area (Å²) in [6, 6.07) is 23.2. The molecular weight excluding hydrogens is 528 g/mol. The summed E-state index contributed by atoms with van der Waals surface area (Å²) >= 11 is 6.06. The molecule has 5 rings (SSSR count). The van der Waals surface area contributed by atoms with Crippen molar-refractivity contribution in [3.8, 4) is 0 Å². The fourth-order valence-corrected chi connectivity index (χ4v) is 5.54. The lowest BCUT2D eigenvalue weighted by atomic mass is 10.0. The minimum absolute atomic E-state index is 0.166. The van der Waals surface area contributed by atoms with E-state index in [4.69, 9.17) is 16.7 Å². The molecule has 1 aromatic heterocycles. The second-order valence-electron chi connectivity index (χ2n) is 10.1. The standard InChI is InChI=1S/C31H31ClN4O4/c32-23-14-12-21(13-15-23)17-27-25-10-4-5-11-26(25)30(38)36(34-27)20-24-9-6-16-35(24)28(31(39)40)18-29(37)33-19-22-7-2-1-3-8-22/h1-5,7-8,10-15,24,28H,6,9,16-20H2,(H,33,37)(H,39,40)/t24-,28?/m1/s1. The van der Waals surface area contributed by atoms with Gasteiger partial charge in [0.2, 0.25) is 5.91 Å². The Labute approximate surface area is 237 Å². The van der Waals surface area contributed by atoms with E-state index in [-0.39, 0.29) is 30.5 Å². The number of nitrogens with zero attached hydrogens (tertiary/aromatic N) is 3. The molecule has 2 heterocycles. The Morgan fingerprint density at radius 1 is 0.975 bits per heavy atom. The number of carbonyl (C=O) groups is 2. The van der Waals surface area contributed by atoms with Crippen molar-refractivity contribution in [2.75, 3.05) is 6.54 Å². The largest absolute Gasteiger partial charge is 0.480 e. The van der Waals surface area contributed by atoms with Crippen molar-refractivity contribution in [1.29, 1.82) is 0 Å². The van der Waals surface area contributed by atoms with Crippen molar-refractivity contribution in [2.45, 2.75) is 50.9 Å². The highest BCUT2D eigenvalue weighted by Gasteiger charge is 2.36. The maximum absolute atomic E-state index is 13.5. The minimum atomic E-state index is -1.05. The maximum atomic E-state index is 13.5. The van der Waals surface area contributed by atoms with Crippen molar-refractivity contribution in [2.24, 2.45) is 0 Å². The van der Waals surface area contributed by atoms with Crippen LogP contribution in [0.5, 0.6) is 0 Å². The normalized spacial score (nSPS) is 16.2. The third kappa shape index (κ3) is 6.41. The predicted octanol–water partition coefficient (Wildman–Crippen LogP) is 4.26. The molecule has 1 amide bonds. The molecule has 1 saturated heterocycles. The highest BCUT2D eigenvalue weighted by Crippen LogP contribution is 2.24. The lowest BCUT2D eigenvalue weighted by Gasteiger charge is -2.30. The lowest BCUT2D eigenvalue weighted by molar-refractivity contribution is -0.146. The molecule has 1 unspecified atom stereocenters. The van der Waals surface area contributed by atoms with Gasteiger partial charge in [-0.15, -0.1) is 0 Å². The van der Waals surface area contributed by atoms with Crippen molar-refractivity contribution in [1.82, 2.24) is 20.0 Å². The molecule has 40 heavy (non-hydrogen) atoms. The van der Waals surface area contributed by atoms with Gasteiger partial charge in [0, 0.05) is 29.4 Å². The van der Waals surface area contributed by atoms with Crippen molar-refractivity contribution in [3.63, 3.8) is 0 Å². The molecule has 0 spiro atoms. The molecule has 0 aliphatic carbocycles. The van der Waals surface area contributed by atoms with E-state index in [0.717, 1.165) is 28.6 Å². The molecule has 1 aliphatic heterocycles. The zero-order valence-electron chi connectivity index (χ0n) is 22.0. The highest BCUT2D eigenvalue weighted by atomic mass is 35.5. The van der Waals surface area contributed by atoms with Gasteiger partial charge in [-0.3, -0.25) is 19.3 Å². The van der Waals surface area contributed by atoms with Crippen LogP contribution in [0.4, 0.5) is 0 Å². The minimum Gasteiger partial charge on any atom is -0.480 e. The number of benzene rings is 3. The summed E-state index contributed by atoms with van der Waals surface area (Å²) in [7, 11) is 0. The molecule has 9 heteroatoms. The summed E-state index contributed by atoms with van der Waals surface area (Å²) < 4.78 is 1.46. The monoisotopic (exact) mass is 558 g/mol. The summed E-state index contributed by atoms with van der Waals surface area (Å²) in [6.45, 7) is 1.11. The third-order valence-corrected chi connectivity index (χ3v) is 7.68. The zero-order chi connectivity index (χ0) is 28.1. The molecule has 4 aromatic rings. The number of nitrogens with one attached hydrogen (secondary N) is 1. The molecule has 0 saturated carbocycles. The number of carboxylic acid groups (broad SMARTS) is 1. The first kappa shape index (κ1) is 27.6. The number of likely N-dealkylation sites (tertiary alicyclic amines) is 1. The molecule has 1 fully saturated rings. The molecule has 8 nitrogen and oxygen atoms in total. The average molecular weight is 559 g/mol. The van der Waals surface area contributed by atoms with Gasteiger partial charge in [0.25, 0.3) is 5.56 Å². The van der Waals surface area contributed by atoms with E-state index in [2.05, 4.69) is 5.32 Å². The summed E-state index contributed by atoms with van der Waals surface area (Å²) in [5.41, 5.74) is 2.51. The second-order valence-corrected chi connectivity index (χ2v) is 10.6. The molecule has 1 aliphatic rings.